The Morgan fingerprint density at radius 3 is 1.35 bits per heavy atom. The van der Waals surface area contributed by atoms with Crippen molar-refractivity contribution in [3.05, 3.63) is 0 Å². The minimum atomic E-state index is 0.566. The van der Waals surface area contributed by atoms with Gasteiger partial charge in [-0.1, -0.05) is 27.7 Å². The summed E-state index contributed by atoms with van der Waals surface area (Å²) in [6, 6.07) is 0. The molecule has 0 N–H and O–H groups in total. The van der Waals surface area contributed by atoms with E-state index in [9.17, 15) is 0 Å². The van der Waals surface area contributed by atoms with Gasteiger partial charge in [0, 0.05) is 20.0 Å². The van der Waals surface area contributed by atoms with Crippen LogP contribution in [0.25, 0.3) is 0 Å². The first-order valence-corrected chi connectivity index (χ1v) is 10.2. The van der Waals surface area contributed by atoms with Gasteiger partial charge in [-0.2, -0.15) is 0 Å². The van der Waals surface area contributed by atoms with Gasteiger partial charge in [-0.3, -0.25) is 0 Å². The Kier molecular flexibility index (Phi) is 2.70. The summed E-state index contributed by atoms with van der Waals surface area (Å²) in [7, 11) is 0. The van der Waals surface area contributed by atoms with Gasteiger partial charge in [0.1, 0.15) is 0 Å². The van der Waals surface area contributed by atoms with Crippen LogP contribution in [0.1, 0.15) is 67.2 Å². The van der Waals surface area contributed by atoms with Crippen LogP contribution >= 0.6 is 23.5 Å². The van der Waals surface area contributed by atoms with E-state index in [2.05, 4.69) is 65.1 Å². The molecule has 0 bridgehead atoms. The summed E-state index contributed by atoms with van der Waals surface area (Å²) in [6.07, 6.45) is 5.84. The van der Waals surface area contributed by atoms with E-state index in [-0.39, 0.29) is 0 Å². The van der Waals surface area contributed by atoms with Crippen molar-refractivity contribution in [3.63, 3.8) is 0 Å². The molecule has 114 valence electrons. The molecule has 2 aliphatic heterocycles. The minimum absolute atomic E-state index is 0.566. The van der Waals surface area contributed by atoms with Gasteiger partial charge < -0.3 is 0 Å². The number of rotatable bonds is 1. The fourth-order valence-electron chi connectivity index (χ4n) is 6.16. The lowest BCUT2D eigenvalue weighted by Crippen LogP contribution is -2.44. The van der Waals surface area contributed by atoms with Crippen LogP contribution in [0.15, 0.2) is 0 Å². The van der Waals surface area contributed by atoms with Crippen LogP contribution in [0.4, 0.5) is 0 Å². The average Bonchev–Trinajstić information content (AvgIpc) is 3.07. The second-order valence-corrected chi connectivity index (χ2v) is 13.5. The summed E-state index contributed by atoms with van der Waals surface area (Å²) in [5.74, 6) is 1.99. The standard InChI is InChI=1S/C18H30S2/c1-15(2)7-11(13-17(5,9-15)19-13)12-8-16(3,4)10-18(6)14(12)20-18/h11-14H,7-10H2,1-6H3. The van der Waals surface area contributed by atoms with Gasteiger partial charge in [-0.25, -0.2) is 0 Å². The highest BCUT2D eigenvalue weighted by Crippen LogP contribution is 2.74. The molecule has 2 aliphatic carbocycles. The number of fused-ring (bicyclic) bond motifs is 2. The number of hydrogen-bond acceptors (Lipinski definition) is 2. The van der Waals surface area contributed by atoms with Crippen LogP contribution in [-0.4, -0.2) is 20.0 Å². The molecule has 2 saturated carbocycles. The molecular formula is C18H30S2. The monoisotopic (exact) mass is 310 g/mol. The average molecular weight is 311 g/mol. The molecule has 2 saturated heterocycles. The maximum absolute atomic E-state index is 2.55. The molecule has 0 aromatic heterocycles. The van der Waals surface area contributed by atoms with E-state index in [0.717, 1.165) is 22.3 Å². The molecule has 0 radical (unpaired) electrons. The molecule has 2 heterocycles. The predicted molar refractivity (Wildman–Crippen MR) is 92.6 cm³/mol. The van der Waals surface area contributed by atoms with E-state index < -0.39 is 0 Å². The van der Waals surface area contributed by atoms with Crippen LogP contribution in [0.2, 0.25) is 0 Å². The van der Waals surface area contributed by atoms with E-state index in [1.165, 1.54) is 25.7 Å². The fraction of sp³-hybridized carbons (Fsp3) is 1.00. The Balaban J connectivity index is 1.61. The third-order valence-electron chi connectivity index (χ3n) is 6.45. The van der Waals surface area contributed by atoms with Gasteiger partial charge in [0.15, 0.2) is 0 Å². The van der Waals surface area contributed by atoms with Crippen LogP contribution in [-0.2, 0) is 0 Å². The Hall–Kier alpha value is 0.700. The zero-order chi connectivity index (χ0) is 14.6. The molecule has 20 heavy (non-hydrogen) atoms. The van der Waals surface area contributed by atoms with Gasteiger partial charge in [0.05, 0.1) is 0 Å². The minimum Gasteiger partial charge on any atom is -0.149 e. The Morgan fingerprint density at radius 1 is 0.650 bits per heavy atom. The summed E-state index contributed by atoms with van der Waals surface area (Å²) in [5, 5.41) is 1.97. The SMILES string of the molecule is CC1(C)CC(C2CC(C)(C)CC3(C)SC23)C2SC2(C)C1. The Bertz CT molecular complexity index is 407. The summed E-state index contributed by atoms with van der Waals surface area (Å²) in [6.45, 7) is 15.2. The van der Waals surface area contributed by atoms with Crippen molar-refractivity contribution in [1.82, 2.24) is 0 Å². The molecule has 0 aromatic carbocycles. The molecule has 6 unspecified atom stereocenters. The van der Waals surface area contributed by atoms with E-state index >= 15 is 0 Å². The van der Waals surface area contributed by atoms with Gasteiger partial charge in [-0.15, -0.1) is 23.5 Å². The Labute approximate surface area is 133 Å². The highest BCUT2D eigenvalue weighted by Gasteiger charge is 2.68. The second kappa shape index (κ2) is 3.78. The van der Waals surface area contributed by atoms with Crippen molar-refractivity contribution in [3.8, 4) is 0 Å². The first-order valence-electron chi connectivity index (χ1n) is 8.39. The lowest BCUT2D eigenvalue weighted by molar-refractivity contribution is 0.0818. The van der Waals surface area contributed by atoms with Crippen LogP contribution < -0.4 is 0 Å². The number of thioether (sulfide) groups is 2. The van der Waals surface area contributed by atoms with Crippen LogP contribution in [0.5, 0.6) is 0 Å². The quantitative estimate of drug-likeness (QED) is 0.578. The van der Waals surface area contributed by atoms with E-state index in [4.69, 9.17) is 0 Å². The molecule has 0 nitrogen and oxygen atoms in total. The fourth-order valence-corrected chi connectivity index (χ4v) is 9.60. The van der Waals surface area contributed by atoms with Gasteiger partial charge in [0.25, 0.3) is 0 Å². The second-order valence-electron chi connectivity index (χ2n) is 10.1. The molecule has 2 heteroatoms. The molecule has 0 spiro atoms. The van der Waals surface area contributed by atoms with Crippen molar-refractivity contribution in [2.45, 2.75) is 87.2 Å². The van der Waals surface area contributed by atoms with Gasteiger partial charge in [-0.05, 0) is 62.2 Å². The molecule has 6 atom stereocenters. The normalized spacial score (nSPS) is 58.5. The van der Waals surface area contributed by atoms with Crippen molar-refractivity contribution >= 4 is 23.5 Å². The highest BCUT2D eigenvalue weighted by molar-refractivity contribution is 8.09. The summed E-state index contributed by atoms with van der Waals surface area (Å²) in [5.41, 5.74) is 1.13. The largest absolute Gasteiger partial charge is 0.149 e. The predicted octanol–water partition coefficient (Wildman–Crippen LogP) is 5.61. The van der Waals surface area contributed by atoms with Crippen molar-refractivity contribution < 1.29 is 0 Å². The van der Waals surface area contributed by atoms with Crippen molar-refractivity contribution in [2.75, 3.05) is 0 Å². The van der Waals surface area contributed by atoms with E-state index in [0.29, 0.717) is 20.3 Å². The summed E-state index contributed by atoms with van der Waals surface area (Å²) < 4.78 is 1.26. The lowest BCUT2D eigenvalue weighted by Gasteiger charge is -2.45. The van der Waals surface area contributed by atoms with Crippen molar-refractivity contribution in [1.29, 1.82) is 0 Å². The highest BCUT2D eigenvalue weighted by atomic mass is 32.2. The summed E-state index contributed by atoms with van der Waals surface area (Å²) >= 11 is 4.63. The third kappa shape index (κ3) is 2.11. The first kappa shape index (κ1) is 14.3. The number of hydrogen-bond donors (Lipinski definition) is 0. The summed E-state index contributed by atoms with van der Waals surface area (Å²) in [4.78, 5) is 0. The van der Waals surface area contributed by atoms with Gasteiger partial charge >= 0.3 is 0 Å². The first-order chi connectivity index (χ1) is 9.04. The Morgan fingerprint density at radius 2 is 1.00 bits per heavy atom. The maximum atomic E-state index is 2.55. The molecule has 0 amide bonds. The molecule has 4 aliphatic rings. The van der Waals surface area contributed by atoms with Crippen molar-refractivity contribution in [2.24, 2.45) is 22.7 Å². The van der Waals surface area contributed by atoms with Crippen LogP contribution in [0.3, 0.4) is 0 Å². The zero-order valence-electron chi connectivity index (χ0n) is 14.0. The molecule has 0 aromatic rings. The van der Waals surface area contributed by atoms with E-state index in [1.807, 2.05) is 0 Å². The third-order valence-corrected chi connectivity index (χ3v) is 10.1. The topological polar surface area (TPSA) is 0 Å². The van der Waals surface area contributed by atoms with E-state index in [1.54, 1.807) is 0 Å². The molecule has 4 fully saturated rings. The smallest absolute Gasteiger partial charge is 0.0261 e. The van der Waals surface area contributed by atoms with Gasteiger partial charge in [0.2, 0.25) is 0 Å². The maximum Gasteiger partial charge on any atom is 0.0261 e. The lowest BCUT2D eigenvalue weighted by atomic mass is 9.58. The molecule has 4 rings (SSSR count). The molecular weight excluding hydrogens is 280 g/mol. The van der Waals surface area contributed by atoms with Crippen LogP contribution in [0, 0.1) is 22.7 Å². The zero-order valence-corrected chi connectivity index (χ0v) is 15.6.